The number of ether oxygens (including phenoxy) is 1. The van der Waals surface area contributed by atoms with Gasteiger partial charge in [-0.2, -0.15) is 4.98 Å². The lowest BCUT2D eigenvalue weighted by molar-refractivity contribution is 0.0995. The molecule has 0 saturated heterocycles. The number of nitrogens with zero attached hydrogens (tertiary/aromatic N) is 2. The zero-order valence-electron chi connectivity index (χ0n) is 12.0. The Morgan fingerprint density at radius 1 is 1.39 bits per heavy atom. The summed E-state index contributed by atoms with van der Waals surface area (Å²) >= 11 is 5.88. The topological polar surface area (TPSA) is 127 Å². The standard InChI is InChI=1S/C14H13ClN4O4/c1-2-9-13(19-11(15)10(18-9)12(16)20)23-8-5-3-4-7(6-8)17-14(21)22/h3-6,17H,2H2,1H3,(H2,16,20)(H,21,22). The molecule has 2 rings (SSSR count). The molecule has 0 aliphatic rings. The van der Waals surface area contributed by atoms with Gasteiger partial charge in [-0.15, -0.1) is 0 Å². The molecule has 0 bridgehead atoms. The zero-order chi connectivity index (χ0) is 17.0. The van der Waals surface area contributed by atoms with Crippen LogP contribution in [0.2, 0.25) is 5.15 Å². The molecule has 0 aliphatic carbocycles. The number of hydrogen-bond acceptors (Lipinski definition) is 5. The van der Waals surface area contributed by atoms with Gasteiger partial charge in [-0.05, 0) is 18.6 Å². The van der Waals surface area contributed by atoms with Crippen molar-refractivity contribution in [2.45, 2.75) is 13.3 Å². The third-order valence-corrected chi connectivity index (χ3v) is 3.02. The second kappa shape index (κ2) is 6.93. The first kappa shape index (κ1) is 16.5. The van der Waals surface area contributed by atoms with Gasteiger partial charge in [0.2, 0.25) is 5.88 Å². The lowest BCUT2D eigenvalue weighted by Crippen LogP contribution is -2.16. The lowest BCUT2D eigenvalue weighted by atomic mass is 10.3. The average Bonchev–Trinajstić information content (AvgIpc) is 2.46. The third kappa shape index (κ3) is 4.07. The van der Waals surface area contributed by atoms with E-state index < -0.39 is 12.0 Å². The Morgan fingerprint density at radius 3 is 2.74 bits per heavy atom. The molecule has 0 saturated carbocycles. The van der Waals surface area contributed by atoms with Crippen molar-refractivity contribution in [1.82, 2.24) is 9.97 Å². The van der Waals surface area contributed by atoms with Crippen molar-refractivity contribution in [3.8, 4) is 11.6 Å². The van der Waals surface area contributed by atoms with E-state index in [2.05, 4.69) is 15.3 Å². The van der Waals surface area contributed by atoms with Crippen LogP contribution in [0.15, 0.2) is 24.3 Å². The molecular formula is C14H13ClN4O4. The molecule has 4 N–H and O–H groups in total. The van der Waals surface area contributed by atoms with Gasteiger partial charge >= 0.3 is 6.09 Å². The third-order valence-electron chi connectivity index (χ3n) is 2.76. The summed E-state index contributed by atoms with van der Waals surface area (Å²) in [6.45, 7) is 1.80. The Labute approximate surface area is 136 Å². The van der Waals surface area contributed by atoms with Crippen LogP contribution in [0.5, 0.6) is 11.6 Å². The normalized spacial score (nSPS) is 10.2. The first-order valence-corrected chi connectivity index (χ1v) is 6.92. The van der Waals surface area contributed by atoms with Crippen LogP contribution in [0.1, 0.15) is 23.1 Å². The number of primary amides is 1. The number of aryl methyl sites for hydroxylation is 1. The number of halogens is 1. The summed E-state index contributed by atoms with van der Waals surface area (Å²) in [6.07, 6.45) is -0.752. The molecule has 120 valence electrons. The molecule has 2 aromatic rings. The monoisotopic (exact) mass is 336 g/mol. The summed E-state index contributed by atoms with van der Waals surface area (Å²) in [4.78, 5) is 29.9. The Kier molecular flexibility index (Phi) is 4.97. The summed E-state index contributed by atoms with van der Waals surface area (Å²) in [7, 11) is 0. The fraction of sp³-hybridized carbons (Fsp3) is 0.143. The lowest BCUT2D eigenvalue weighted by Gasteiger charge is -2.11. The molecule has 1 heterocycles. The maximum atomic E-state index is 11.2. The Bertz CT molecular complexity index is 766. The van der Waals surface area contributed by atoms with E-state index in [0.29, 0.717) is 23.6 Å². The van der Waals surface area contributed by atoms with Crippen molar-refractivity contribution in [1.29, 1.82) is 0 Å². The number of carboxylic acid groups (broad SMARTS) is 1. The molecule has 0 spiro atoms. The smallest absolute Gasteiger partial charge is 0.409 e. The number of nitrogens with two attached hydrogens (primary N) is 1. The number of carbonyl (C=O) groups excluding carboxylic acids is 1. The van der Waals surface area contributed by atoms with E-state index in [1.807, 2.05) is 0 Å². The van der Waals surface area contributed by atoms with Gasteiger partial charge in [0.25, 0.3) is 5.91 Å². The molecule has 8 nitrogen and oxygen atoms in total. The SMILES string of the molecule is CCc1nc(C(N)=O)c(Cl)nc1Oc1cccc(NC(=O)O)c1. The van der Waals surface area contributed by atoms with Crippen LogP contribution in [0.25, 0.3) is 0 Å². The number of nitrogens with one attached hydrogen (secondary N) is 1. The highest BCUT2D eigenvalue weighted by atomic mass is 35.5. The maximum absolute atomic E-state index is 11.2. The Morgan fingerprint density at radius 2 is 2.13 bits per heavy atom. The maximum Gasteiger partial charge on any atom is 0.409 e. The van der Waals surface area contributed by atoms with Gasteiger partial charge in [0.15, 0.2) is 10.8 Å². The minimum atomic E-state index is -1.19. The number of benzene rings is 1. The van der Waals surface area contributed by atoms with Crippen LogP contribution in [-0.4, -0.2) is 27.1 Å². The van der Waals surface area contributed by atoms with Crippen LogP contribution in [0.4, 0.5) is 10.5 Å². The van der Waals surface area contributed by atoms with Gasteiger partial charge in [-0.25, -0.2) is 9.78 Å². The number of anilines is 1. The van der Waals surface area contributed by atoms with Crippen LogP contribution in [-0.2, 0) is 6.42 Å². The van der Waals surface area contributed by atoms with Crippen molar-refractivity contribution in [2.75, 3.05) is 5.32 Å². The Balaban J connectivity index is 2.34. The molecule has 9 heteroatoms. The van der Waals surface area contributed by atoms with Crippen molar-refractivity contribution in [2.24, 2.45) is 5.73 Å². The molecule has 23 heavy (non-hydrogen) atoms. The summed E-state index contributed by atoms with van der Waals surface area (Å²) in [6, 6.07) is 6.27. The van der Waals surface area contributed by atoms with Crippen LogP contribution in [0, 0.1) is 0 Å². The number of aromatic nitrogens is 2. The van der Waals surface area contributed by atoms with Crippen LogP contribution in [0.3, 0.4) is 0 Å². The predicted octanol–water partition coefficient (Wildman–Crippen LogP) is 2.67. The summed E-state index contributed by atoms with van der Waals surface area (Å²) in [5.41, 5.74) is 5.79. The highest BCUT2D eigenvalue weighted by molar-refractivity contribution is 6.32. The molecule has 1 aromatic heterocycles. The first-order chi connectivity index (χ1) is 10.9. The summed E-state index contributed by atoms with van der Waals surface area (Å²) < 4.78 is 5.60. The molecule has 0 radical (unpaired) electrons. The van der Waals surface area contributed by atoms with Crippen molar-refractivity contribution in [3.05, 3.63) is 40.8 Å². The molecule has 1 aromatic carbocycles. The van der Waals surface area contributed by atoms with Crippen LogP contribution < -0.4 is 15.8 Å². The fourth-order valence-electron chi connectivity index (χ4n) is 1.78. The van der Waals surface area contributed by atoms with Gasteiger partial charge in [-0.3, -0.25) is 10.1 Å². The van der Waals surface area contributed by atoms with Crippen molar-refractivity contribution in [3.63, 3.8) is 0 Å². The molecule has 0 fully saturated rings. The quantitative estimate of drug-likeness (QED) is 0.770. The number of rotatable bonds is 5. The first-order valence-electron chi connectivity index (χ1n) is 6.54. The van der Waals surface area contributed by atoms with E-state index in [4.69, 9.17) is 27.2 Å². The van der Waals surface area contributed by atoms with E-state index in [0.717, 1.165) is 0 Å². The molecule has 2 amide bonds. The second-order valence-electron chi connectivity index (χ2n) is 4.39. The predicted molar refractivity (Wildman–Crippen MR) is 83.1 cm³/mol. The van der Waals surface area contributed by atoms with E-state index in [-0.39, 0.29) is 16.7 Å². The minimum Gasteiger partial charge on any atom is -0.465 e. The Hall–Kier alpha value is -2.87. The molecule has 0 atom stereocenters. The number of carbonyl (C=O) groups is 2. The van der Waals surface area contributed by atoms with E-state index in [9.17, 15) is 9.59 Å². The van der Waals surface area contributed by atoms with Crippen molar-refractivity contribution < 1.29 is 19.4 Å². The van der Waals surface area contributed by atoms with Gasteiger partial charge < -0.3 is 15.6 Å². The highest BCUT2D eigenvalue weighted by Crippen LogP contribution is 2.27. The number of amides is 2. The van der Waals surface area contributed by atoms with Gasteiger partial charge in [0, 0.05) is 11.8 Å². The van der Waals surface area contributed by atoms with Gasteiger partial charge in [0.05, 0.1) is 0 Å². The van der Waals surface area contributed by atoms with Crippen LogP contribution >= 0.6 is 11.6 Å². The van der Waals surface area contributed by atoms with Gasteiger partial charge in [-0.1, -0.05) is 24.6 Å². The van der Waals surface area contributed by atoms with E-state index in [1.165, 1.54) is 6.07 Å². The summed E-state index contributed by atoms with van der Waals surface area (Å²) in [5.74, 6) is -0.325. The second-order valence-corrected chi connectivity index (χ2v) is 4.75. The molecule has 0 aliphatic heterocycles. The highest BCUT2D eigenvalue weighted by Gasteiger charge is 2.17. The van der Waals surface area contributed by atoms with E-state index in [1.54, 1.807) is 25.1 Å². The fourth-order valence-corrected chi connectivity index (χ4v) is 1.99. The zero-order valence-corrected chi connectivity index (χ0v) is 12.8. The number of hydrogen-bond donors (Lipinski definition) is 3. The molecule has 0 unspecified atom stereocenters. The van der Waals surface area contributed by atoms with Crippen molar-refractivity contribution >= 4 is 29.3 Å². The molecular weight excluding hydrogens is 324 g/mol. The van der Waals surface area contributed by atoms with Gasteiger partial charge in [0.1, 0.15) is 11.4 Å². The summed E-state index contributed by atoms with van der Waals surface area (Å²) in [5, 5.41) is 10.8. The average molecular weight is 337 g/mol. The largest absolute Gasteiger partial charge is 0.465 e. The minimum absolute atomic E-state index is 0.120. The van der Waals surface area contributed by atoms with E-state index >= 15 is 0 Å².